The number of rotatable bonds is 2. The lowest BCUT2D eigenvalue weighted by Gasteiger charge is -2.32. The van der Waals surface area contributed by atoms with Gasteiger partial charge in [-0.3, -0.25) is 9.59 Å². The molecule has 0 bridgehead atoms. The normalized spacial score (nSPS) is 20.5. The van der Waals surface area contributed by atoms with Crippen LogP contribution in [0, 0.1) is 5.82 Å². The van der Waals surface area contributed by atoms with Gasteiger partial charge in [-0.25, -0.2) is 4.39 Å². The number of ether oxygens (including phenoxy) is 2. The Morgan fingerprint density at radius 1 is 1.43 bits per heavy atom. The summed E-state index contributed by atoms with van der Waals surface area (Å²) in [6.07, 6.45) is 1.26. The molecule has 0 spiro atoms. The molecule has 3 rings (SSSR count). The maximum atomic E-state index is 13.5. The molecule has 1 unspecified atom stereocenters. The molecule has 1 aliphatic heterocycles. The molecule has 0 saturated heterocycles. The van der Waals surface area contributed by atoms with Crippen molar-refractivity contribution in [1.29, 1.82) is 0 Å². The van der Waals surface area contributed by atoms with Gasteiger partial charge in [0.2, 0.25) is 0 Å². The maximum absolute atomic E-state index is 13.5. The molecule has 1 atom stereocenters. The Labute approximate surface area is 121 Å². The van der Waals surface area contributed by atoms with E-state index in [-0.39, 0.29) is 12.2 Å². The molecule has 1 aromatic carbocycles. The van der Waals surface area contributed by atoms with Crippen LogP contribution in [0.3, 0.4) is 0 Å². The number of allylic oxidation sites excluding steroid dienone is 2. The standard InChI is InChI=1S/C16H15FO4/c1-20-15(19)8-14-11-7-9(17)5-6-10(11)16-12(18)3-2-4-13(16)21-14/h5-7,14H,2-4,8H2,1H3. The van der Waals surface area contributed by atoms with Crippen LogP contribution in [0.2, 0.25) is 0 Å². The molecule has 1 aliphatic carbocycles. The van der Waals surface area contributed by atoms with E-state index in [2.05, 4.69) is 4.74 Å². The summed E-state index contributed by atoms with van der Waals surface area (Å²) >= 11 is 0. The topological polar surface area (TPSA) is 52.6 Å². The van der Waals surface area contributed by atoms with Gasteiger partial charge in [-0.2, -0.15) is 0 Å². The van der Waals surface area contributed by atoms with Gasteiger partial charge in [0.05, 0.1) is 19.1 Å². The van der Waals surface area contributed by atoms with Crippen molar-refractivity contribution in [1.82, 2.24) is 0 Å². The van der Waals surface area contributed by atoms with Crippen LogP contribution in [0.4, 0.5) is 4.39 Å². The van der Waals surface area contributed by atoms with Gasteiger partial charge in [-0.1, -0.05) is 6.07 Å². The second-order valence-corrected chi connectivity index (χ2v) is 5.19. The van der Waals surface area contributed by atoms with Crippen LogP contribution in [-0.2, 0) is 19.1 Å². The first-order chi connectivity index (χ1) is 10.1. The number of hydrogen-bond acceptors (Lipinski definition) is 4. The number of hydrogen-bond donors (Lipinski definition) is 0. The van der Waals surface area contributed by atoms with Gasteiger partial charge in [0.25, 0.3) is 0 Å². The number of fused-ring (bicyclic) bond motifs is 2. The number of halogens is 1. The number of ketones is 1. The highest BCUT2D eigenvalue weighted by Crippen LogP contribution is 2.43. The number of carbonyl (C=O) groups excluding carboxylic acids is 2. The lowest BCUT2D eigenvalue weighted by atomic mass is 9.84. The Bertz CT molecular complexity index is 648. The Kier molecular flexibility index (Phi) is 3.49. The van der Waals surface area contributed by atoms with Crippen LogP contribution < -0.4 is 0 Å². The van der Waals surface area contributed by atoms with Crippen LogP contribution in [-0.4, -0.2) is 18.9 Å². The Morgan fingerprint density at radius 2 is 2.24 bits per heavy atom. The highest BCUT2D eigenvalue weighted by atomic mass is 19.1. The zero-order valence-corrected chi connectivity index (χ0v) is 11.6. The molecule has 1 aromatic rings. The molecule has 0 amide bonds. The second kappa shape index (κ2) is 5.31. The van der Waals surface area contributed by atoms with E-state index in [0.29, 0.717) is 35.3 Å². The van der Waals surface area contributed by atoms with Crippen LogP contribution in [0.1, 0.15) is 42.9 Å². The van der Waals surface area contributed by atoms with Gasteiger partial charge in [0, 0.05) is 18.4 Å². The molecular formula is C16H15FO4. The highest BCUT2D eigenvalue weighted by molar-refractivity contribution is 6.22. The first kappa shape index (κ1) is 13.8. The SMILES string of the molecule is COC(=O)CC1OC2=C(C(=O)CCC2)c2ccc(F)cc21. The van der Waals surface area contributed by atoms with Gasteiger partial charge < -0.3 is 9.47 Å². The lowest BCUT2D eigenvalue weighted by Crippen LogP contribution is -2.23. The van der Waals surface area contributed by atoms with Crippen molar-refractivity contribution in [2.24, 2.45) is 0 Å². The van der Waals surface area contributed by atoms with Crippen LogP contribution >= 0.6 is 0 Å². The number of methoxy groups -OCH3 is 1. The van der Waals surface area contributed by atoms with E-state index < -0.39 is 17.9 Å². The predicted molar refractivity (Wildman–Crippen MR) is 72.6 cm³/mol. The second-order valence-electron chi connectivity index (χ2n) is 5.19. The third kappa shape index (κ3) is 2.44. The van der Waals surface area contributed by atoms with E-state index in [1.807, 2.05) is 0 Å². The molecule has 0 N–H and O–H groups in total. The minimum Gasteiger partial charge on any atom is -0.489 e. The van der Waals surface area contributed by atoms with Crippen LogP contribution in [0.5, 0.6) is 0 Å². The van der Waals surface area contributed by atoms with E-state index >= 15 is 0 Å². The molecule has 5 heteroatoms. The Hall–Kier alpha value is -2.17. The van der Waals surface area contributed by atoms with Crippen molar-refractivity contribution < 1.29 is 23.5 Å². The molecule has 0 saturated carbocycles. The average molecular weight is 290 g/mol. The van der Waals surface area contributed by atoms with Gasteiger partial charge in [-0.05, 0) is 24.1 Å². The molecule has 1 heterocycles. The molecule has 4 nitrogen and oxygen atoms in total. The number of esters is 1. The molecule has 2 aliphatic rings. The minimum absolute atomic E-state index is 0.00206. The minimum atomic E-state index is -0.604. The third-order valence-electron chi connectivity index (χ3n) is 3.86. The van der Waals surface area contributed by atoms with Crippen LogP contribution in [0.25, 0.3) is 5.57 Å². The van der Waals surface area contributed by atoms with Crippen molar-refractivity contribution in [3.63, 3.8) is 0 Å². The quantitative estimate of drug-likeness (QED) is 0.786. The summed E-state index contributed by atoms with van der Waals surface area (Å²) in [7, 11) is 1.30. The summed E-state index contributed by atoms with van der Waals surface area (Å²) in [4.78, 5) is 23.7. The van der Waals surface area contributed by atoms with Gasteiger partial charge >= 0.3 is 5.97 Å². The Balaban J connectivity index is 2.08. The third-order valence-corrected chi connectivity index (χ3v) is 3.86. The fourth-order valence-electron chi connectivity index (χ4n) is 2.88. The first-order valence-electron chi connectivity index (χ1n) is 6.90. The number of carbonyl (C=O) groups is 2. The van der Waals surface area contributed by atoms with Gasteiger partial charge in [0.15, 0.2) is 5.78 Å². The smallest absolute Gasteiger partial charge is 0.309 e. The zero-order valence-electron chi connectivity index (χ0n) is 11.6. The van der Waals surface area contributed by atoms with Crippen molar-refractivity contribution in [3.05, 3.63) is 40.9 Å². The summed E-state index contributed by atoms with van der Waals surface area (Å²) in [5.41, 5.74) is 1.75. The van der Waals surface area contributed by atoms with Crippen molar-refractivity contribution >= 4 is 17.3 Å². The molecular weight excluding hydrogens is 275 g/mol. The summed E-state index contributed by atoms with van der Waals surface area (Å²) in [5, 5.41) is 0. The molecule has 0 aromatic heterocycles. The summed E-state index contributed by atoms with van der Waals surface area (Å²) in [6.45, 7) is 0. The molecule has 0 fully saturated rings. The van der Waals surface area contributed by atoms with Crippen molar-refractivity contribution in [3.8, 4) is 0 Å². The average Bonchev–Trinajstić information content (AvgIpc) is 2.47. The predicted octanol–water partition coefficient (Wildman–Crippen LogP) is 2.92. The molecule has 21 heavy (non-hydrogen) atoms. The maximum Gasteiger partial charge on any atom is 0.309 e. The molecule has 0 radical (unpaired) electrons. The number of Topliss-reactive ketones (excluding diaryl/α,β-unsaturated/α-hetero) is 1. The van der Waals surface area contributed by atoms with Crippen molar-refractivity contribution in [2.75, 3.05) is 7.11 Å². The fourth-order valence-corrected chi connectivity index (χ4v) is 2.88. The largest absolute Gasteiger partial charge is 0.489 e. The van der Waals surface area contributed by atoms with E-state index in [0.717, 1.165) is 6.42 Å². The van der Waals surface area contributed by atoms with E-state index in [9.17, 15) is 14.0 Å². The van der Waals surface area contributed by atoms with Crippen molar-refractivity contribution in [2.45, 2.75) is 31.8 Å². The fraction of sp³-hybridized carbons (Fsp3) is 0.375. The Morgan fingerprint density at radius 3 is 3.00 bits per heavy atom. The van der Waals surface area contributed by atoms with E-state index in [4.69, 9.17) is 4.74 Å². The zero-order chi connectivity index (χ0) is 15.0. The van der Waals surface area contributed by atoms with E-state index in [1.165, 1.54) is 19.2 Å². The van der Waals surface area contributed by atoms with Gasteiger partial charge in [-0.15, -0.1) is 0 Å². The lowest BCUT2D eigenvalue weighted by molar-refractivity contribution is -0.143. The monoisotopic (exact) mass is 290 g/mol. The van der Waals surface area contributed by atoms with Crippen LogP contribution in [0.15, 0.2) is 24.0 Å². The summed E-state index contributed by atoms with van der Waals surface area (Å²) in [5.74, 6) is -0.221. The van der Waals surface area contributed by atoms with E-state index in [1.54, 1.807) is 6.07 Å². The first-order valence-corrected chi connectivity index (χ1v) is 6.90. The summed E-state index contributed by atoms with van der Waals surface area (Å²) in [6, 6.07) is 4.25. The number of benzene rings is 1. The molecule has 110 valence electrons. The van der Waals surface area contributed by atoms with Gasteiger partial charge in [0.1, 0.15) is 17.7 Å². The summed E-state index contributed by atoms with van der Waals surface area (Å²) < 4.78 is 24.0. The highest BCUT2D eigenvalue weighted by Gasteiger charge is 2.34.